The normalized spacial score (nSPS) is 10.7. The Morgan fingerprint density at radius 3 is 2.78 bits per heavy atom. The average molecular weight is 332 g/mol. The van der Waals surface area contributed by atoms with E-state index in [1.165, 1.54) is 16.8 Å². The molecule has 5 nitrogen and oxygen atoms in total. The van der Waals surface area contributed by atoms with Gasteiger partial charge in [0, 0.05) is 17.8 Å². The number of aryl methyl sites for hydroxylation is 1. The van der Waals surface area contributed by atoms with Crippen molar-refractivity contribution in [3.05, 3.63) is 69.2 Å². The summed E-state index contributed by atoms with van der Waals surface area (Å²) in [5, 5.41) is 7.08. The van der Waals surface area contributed by atoms with Gasteiger partial charge < -0.3 is 5.32 Å². The number of nitrogens with zero attached hydrogens (tertiary/aromatic N) is 2. The van der Waals surface area contributed by atoms with E-state index in [0.29, 0.717) is 16.2 Å². The molecule has 0 radical (unpaired) electrons. The topological polar surface area (TPSA) is 64.0 Å². The highest BCUT2D eigenvalue weighted by Crippen LogP contribution is 2.16. The maximum Gasteiger partial charge on any atom is 0.280 e. The molecule has 0 spiro atoms. The van der Waals surface area contributed by atoms with Gasteiger partial charge in [-0.3, -0.25) is 14.3 Å². The Balaban J connectivity index is 2.07. The van der Waals surface area contributed by atoms with E-state index in [1.807, 2.05) is 0 Å². The van der Waals surface area contributed by atoms with Crippen LogP contribution in [0.1, 0.15) is 10.5 Å². The summed E-state index contributed by atoms with van der Waals surface area (Å²) < 4.78 is 14.8. The van der Waals surface area contributed by atoms with Crippen LogP contribution >= 0.6 is 11.6 Å². The molecular weight excluding hydrogens is 321 g/mol. The Kier molecular flexibility index (Phi) is 3.83. The van der Waals surface area contributed by atoms with Gasteiger partial charge in [-0.15, -0.1) is 0 Å². The molecule has 3 aromatic rings. The molecule has 2 aromatic carbocycles. The molecule has 0 unspecified atom stereocenters. The highest BCUT2D eigenvalue weighted by molar-refractivity contribution is 6.30. The molecule has 0 saturated heterocycles. The highest BCUT2D eigenvalue weighted by atomic mass is 35.5. The summed E-state index contributed by atoms with van der Waals surface area (Å²) >= 11 is 5.85. The quantitative estimate of drug-likeness (QED) is 0.785. The monoisotopic (exact) mass is 331 g/mol. The predicted molar refractivity (Wildman–Crippen MR) is 86.3 cm³/mol. The standard InChI is InChI=1S/C16H11ClFN3O2/c1-21-13-6-5-10(18)8-12(13)15(22)14(20-21)16(23)19-11-4-2-3-9(17)7-11/h2-8H,1H3,(H,19,23). The van der Waals surface area contributed by atoms with Crippen LogP contribution in [0.3, 0.4) is 0 Å². The van der Waals surface area contributed by atoms with Crippen LogP contribution in [-0.4, -0.2) is 15.7 Å². The van der Waals surface area contributed by atoms with E-state index in [-0.39, 0.29) is 11.1 Å². The molecular formula is C16H11ClFN3O2. The van der Waals surface area contributed by atoms with Gasteiger partial charge >= 0.3 is 0 Å². The van der Waals surface area contributed by atoms with Crippen molar-refractivity contribution < 1.29 is 9.18 Å². The van der Waals surface area contributed by atoms with Crippen molar-refractivity contribution in [2.45, 2.75) is 0 Å². The number of carbonyl (C=O) groups excluding carboxylic acids is 1. The number of benzene rings is 2. The maximum absolute atomic E-state index is 13.4. The van der Waals surface area contributed by atoms with Gasteiger partial charge in [-0.05, 0) is 36.4 Å². The van der Waals surface area contributed by atoms with E-state index in [9.17, 15) is 14.0 Å². The van der Waals surface area contributed by atoms with Crippen LogP contribution in [0, 0.1) is 5.82 Å². The van der Waals surface area contributed by atoms with Gasteiger partial charge in [0.2, 0.25) is 5.43 Å². The number of rotatable bonds is 2. The molecule has 7 heteroatoms. The van der Waals surface area contributed by atoms with Crippen molar-refractivity contribution in [1.29, 1.82) is 0 Å². The number of halogens is 2. The van der Waals surface area contributed by atoms with E-state index < -0.39 is 17.2 Å². The van der Waals surface area contributed by atoms with Gasteiger partial charge in [-0.1, -0.05) is 17.7 Å². The number of fused-ring (bicyclic) bond motifs is 1. The van der Waals surface area contributed by atoms with Gasteiger partial charge in [0.15, 0.2) is 5.69 Å². The third-order valence-electron chi connectivity index (χ3n) is 3.31. The lowest BCUT2D eigenvalue weighted by Crippen LogP contribution is -2.26. The number of hydrogen-bond acceptors (Lipinski definition) is 3. The minimum Gasteiger partial charge on any atom is -0.320 e. The zero-order valence-electron chi connectivity index (χ0n) is 12.0. The molecule has 0 aliphatic heterocycles. The lowest BCUT2D eigenvalue weighted by atomic mass is 10.2. The largest absolute Gasteiger partial charge is 0.320 e. The first-order chi connectivity index (χ1) is 11.0. The lowest BCUT2D eigenvalue weighted by molar-refractivity contribution is 0.101. The van der Waals surface area contributed by atoms with E-state index in [1.54, 1.807) is 31.3 Å². The number of nitrogens with one attached hydrogen (secondary N) is 1. The number of anilines is 1. The molecule has 0 atom stereocenters. The first-order valence-electron chi connectivity index (χ1n) is 6.69. The molecule has 0 bridgehead atoms. The predicted octanol–water partition coefficient (Wildman–Crippen LogP) is 2.98. The number of amides is 1. The zero-order chi connectivity index (χ0) is 16.6. The van der Waals surface area contributed by atoms with Crippen molar-refractivity contribution >= 4 is 34.1 Å². The molecule has 1 amide bonds. The van der Waals surface area contributed by atoms with Gasteiger partial charge in [0.1, 0.15) is 5.82 Å². The Morgan fingerprint density at radius 1 is 1.26 bits per heavy atom. The summed E-state index contributed by atoms with van der Waals surface area (Å²) in [6, 6.07) is 10.3. The number of hydrogen-bond donors (Lipinski definition) is 1. The van der Waals surface area contributed by atoms with E-state index in [4.69, 9.17) is 11.6 Å². The molecule has 116 valence electrons. The third kappa shape index (κ3) is 2.93. The van der Waals surface area contributed by atoms with Crippen molar-refractivity contribution in [2.24, 2.45) is 7.05 Å². The molecule has 0 aliphatic rings. The molecule has 1 aromatic heterocycles. The summed E-state index contributed by atoms with van der Waals surface area (Å²) in [6.45, 7) is 0. The Bertz CT molecular complexity index is 985. The first kappa shape index (κ1) is 15.2. The van der Waals surface area contributed by atoms with Crippen LogP contribution in [0.5, 0.6) is 0 Å². The minimum atomic E-state index is -0.681. The van der Waals surface area contributed by atoms with Gasteiger partial charge in [-0.2, -0.15) is 5.10 Å². The fourth-order valence-electron chi connectivity index (χ4n) is 2.25. The Hall–Kier alpha value is -2.73. The van der Waals surface area contributed by atoms with Crippen molar-refractivity contribution in [3.63, 3.8) is 0 Å². The molecule has 0 fully saturated rings. The van der Waals surface area contributed by atoms with E-state index in [2.05, 4.69) is 10.4 Å². The van der Waals surface area contributed by atoms with Crippen molar-refractivity contribution in [3.8, 4) is 0 Å². The van der Waals surface area contributed by atoms with E-state index in [0.717, 1.165) is 6.07 Å². The number of aromatic nitrogens is 2. The molecule has 1 N–H and O–H groups in total. The van der Waals surface area contributed by atoms with Crippen LogP contribution in [0.25, 0.3) is 10.9 Å². The second-order valence-corrected chi connectivity index (χ2v) is 5.36. The Morgan fingerprint density at radius 2 is 2.04 bits per heavy atom. The summed E-state index contributed by atoms with van der Waals surface area (Å²) in [6.07, 6.45) is 0. The van der Waals surface area contributed by atoms with E-state index >= 15 is 0 Å². The van der Waals surface area contributed by atoms with Crippen molar-refractivity contribution in [1.82, 2.24) is 9.78 Å². The maximum atomic E-state index is 13.4. The molecule has 1 heterocycles. The minimum absolute atomic E-state index is 0.0961. The third-order valence-corrected chi connectivity index (χ3v) is 3.55. The smallest absolute Gasteiger partial charge is 0.280 e. The summed E-state index contributed by atoms with van der Waals surface area (Å²) in [5.74, 6) is -1.24. The average Bonchev–Trinajstić information content (AvgIpc) is 2.50. The Labute approximate surface area is 135 Å². The second kappa shape index (κ2) is 5.81. The van der Waals surface area contributed by atoms with Crippen LogP contribution in [0.4, 0.5) is 10.1 Å². The lowest BCUT2D eigenvalue weighted by Gasteiger charge is -2.08. The van der Waals surface area contributed by atoms with Crippen LogP contribution in [0.2, 0.25) is 5.02 Å². The van der Waals surface area contributed by atoms with Crippen LogP contribution < -0.4 is 10.7 Å². The second-order valence-electron chi connectivity index (χ2n) is 4.93. The van der Waals surface area contributed by atoms with Gasteiger partial charge in [-0.25, -0.2) is 4.39 Å². The van der Waals surface area contributed by atoms with Gasteiger partial charge in [0.05, 0.1) is 10.9 Å². The summed E-state index contributed by atoms with van der Waals surface area (Å²) in [5.41, 5.74) is -0.0656. The summed E-state index contributed by atoms with van der Waals surface area (Å²) in [7, 11) is 1.58. The molecule has 0 aliphatic carbocycles. The molecule has 3 rings (SSSR count). The fourth-order valence-corrected chi connectivity index (χ4v) is 2.44. The SMILES string of the molecule is Cn1nc(C(=O)Nc2cccc(Cl)c2)c(=O)c2cc(F)ccc21. The fraction of sp³-hybridized carbons (Fsp3) is 0.0625. The molecule has 0 saturated carbocycles. The first-order valence-corrected chi connectivity index (χ1v) is 7.07. The van der Waals surface area contributed by atoms with Crippen LogP contribution in [0.15, 0.2) is 47.3 Å². The van der Waals surface area contributed by atoms with Gasteiger partial charge in [0.25, 0.3) is 5.91 Å². The zero-order valence-corrected chi connectivity index (χ0v) is 12.8. The van der Waals surface area contributed by atoms with Crippen molar-refractivity contribution in [2.75, 3.05) is 5.32 Å². The highest BCUT2D eigenvalue weighted by Gasteiger charge is 2.17. The van der Waals surface area contributed by atoms with Crippen LogP contribution in [-0.2, 0) is 7.05 Å². The summed E-state index contributed by atoms with van der Waals surface area (Å²) in [4.78, 5) is 24.7. The number of carbonyl (C=O) groups is 1. The molecule has 23 heavy (non-hydrogen) atoms.